The number of anilines is 1. The van der Waals surface area contributed by atoms with Gasteiger partial charge in [-0.05, 0) is 90.9 Å². The molecular weight excluding hydrogens is 448 g/mol. The molecule has 1 aliphatic carbocycles. The molecular formula is C31H40N2O3. The molecule has 36 heavy (non-hydrogen) atoms. The number of benzene rings is 3. The molecule has 5 heteroatoms. The molecule has 0 fully saturated rings. The maximum absolute atomic E-state index is 9.86. The third-order valence-corrected chi connectivity index (χ3v) is 7.42. The highest BCUT2D eigenvalue weighted by Gasteiger charge is 2.24. The van der Waals surface area contributed by atoms with Crippen molar-refractivity contribution >= 4 is 5.69 Å². The van der Waals surface area contributed by atoms with Crippen LogP contribution < -0.4 is 14.4 Å². The fourth-order valence-electron chi connectivity index (χ4n) is 5.22. The number of nitrogens with zero attached hydrogens (tertiary/aromatic N) is 2. The van der Waals surface area contributed by atoms with E-state index in [1.807, 2.05) is 6.07 Å². The van der Waals surface area contributed by atoms with Gasteiger partial charge in [0.1, 0.15) is 23.9 Å². The number of rotatable bonds is 11. The number of phenolic OH excluding ortho intramolecular Hbond substituents is 1. The van der Waals surface area contributed by atoms with Crippen molar-refractivity contribution < 1.29 is 14.6 Å². The summed E-state index contributed by atoms with van der Waals surface area (Å²) in [6.45, 7) is 8.92. The Morgan fingerprint density at radius 3 is 2.39 bits per heavy atom. The first-order valence-corrected chi connectivity index (χ1v) is 13.1. The van der Waals surface area contributed by atoms with Crippen LogP contribution in [0.25, 0.3) is 0 Å². The Morgan fingerprint density at radius 1 is 0.917 bits per heavy atom. The summed E-state index contributed by atoms with van der Waals surface area (Å²) in [5, 5.41) is 9.86. The van der Waals surface area contributed by atoms with Crippen molar-refractivity contribution in [1.29, 1.82) is 0 Å². The molecule has 1 N–H and O–H groups in total. The Labute approximate surface area is 216 Å². The van der Waals surface area contributed by atoms with Gasteiger partial charge in [0.15, 0.2) is 0 Å². The lowest BCUT2D eigenvalue weighted by atomic mass is 9.79. The Hall–Kier alpha value is -3.18. The first-order chi connectivity index (χ1) is 17.5. The van der Waals surface area contributed by atoms with E-state index in [0.29, 0.717) is 18.3 Å². The molecule has 0 heterocycles. The molecule has 1 unspecified atom stereocenters. The van der Waals surface area contributed by atoms with E-state index in [-0.39, 0.29) is 0 Å². The molecule has 0 saturated heterocycles. The van der Waals surface area contributed by atoms with Gasteiger partial charge >= 0.3 is 0 Å². The van der Waals surface area contributed by atoms with Crippen LogP contribution in [0.2, 0.25) is 0 Å². The van der Waals surface area contributed by atoms with Crippen molar-refractivity contribution in [2.45, 2.75) is 45.6 Å². The molecule has 1 aliphatic rings. The molecule has 0 spiro atoms. The van der Waals surface area contributed by atoms with Crippen molar-refractivity contribution in [3.63, 3.8) is 0 Å². The predicted octanol–water partition coefficient (Wildman–Crippen LogP) is 6.03. The van der Waals surface area contributed by atoms with Crippen LogP contribution in [0.15, 0.2) is 60.7 Å². The highest BCUT2D eigenvalue weighted by atomic mass is 16.5. The van der Waals surface area contributed by atoms with Crippen LogP contribution in [0.4, 0.5) is 5.69 Å². The Balaban J connectivity index is 1.45. The van der Waals surface area contributed by atoms with Crippen LogP contribution in [0.3, 0.4) is 0 Å². The first kappa shape index (κ1) is 25.9. The van der Waals surface area contributed by atoms with E-state index in [2.05, 4.69) is 79.2 Å². The normalized spacial score (nSPS) is 15.0. The van der Waals surface area contributed by atoms with Gasteiger partial charge in [-0.3, -0.25) is 0 Å². The van der Waals surface area contributed by atoms with Gasteiger partial charge in [0.05, 0.1) is 7.11 Å². The maximum atomic E-state index is 9.86. The largest absolute Gasteiger partial charge is 0.508 e. The second-order valence-corrected chi connectivity index (χ2v) is 9.69. The molecule has 3 aromatic carbocycles. The number of fused-ring (bicyclic) bond motifs is 1. The average molecular weight is 489 g/mol. The fourth-order valence-corrected chi connectivity index (χ4v) is 5.22. The summed E-state index contributed by atoms with van der Waals surface area (Å²) in [6, 6.07) is 20.7. The van der Waals surface area contributed by atoms with Gasteiger partial charge in [-0.2, -0.15) is 0 Å². The van der Waals surface area contributed by atoms with E-state index in [0.717, 1.165) is 56.9 Å². The van der Waals surface area contributed by atoms with Crippen LogP contribution in [-0.4, -0.2) is 50.4 Å². The zero-order chi connectivity index (χ0) is 25.5. The summed E-state index contributed by atoms with van der Waals surface area (Å²) < 4.78 is 11.5. The topological polar surface area (TPSA) is 45.2 Å². The highest BCUT2D eigenvalue weighted by Crippen LogP contribution is 2.39. The van der Waals surface area contributed by atoms with Crippen molar-refractivity contribution in [2.75, 3.05) is 45.3 Å². The summed E-state index contributed by atoms with van der Waals surface area (Å²) in [5.41, 5.74) is 6.42. The van der Waals surface area contributed by atoms with Gasteiger partial charge in [-0.15, -0.1) is 0 Å². The number of hydrogen-bond donors (Lipinski definition) is 1. The molecule has 1 atom stereocenters. The standard InChI is InChI=1S/C31H40N2O3/c1-5-33(6-2)17-18-36-28-13-7-23(8-14-28)22-32(3)31-21-29(35-4)15-16-30(31)26-10-9-25-20-27(34)12-11-24(25)19-26/h7-8,11-16,20-21,26,34H,5-6,9-10,17-19,22H2,1-4H3. The Morgan fingerprint density at radius 2 is 1.67 bits per heavy atom. The van der Waals surface area contributed by atoms with Crippen LogP contribution >= 0.6 is 0 Å². The smallest absolute Gasteiger partial charge is 0.120 e. The van der Waals surface area contributed by atoms with Gasteiger partial charge in [0.2, 0.25) is 0 Å². The fraction of sp³-hybridized carbons (Fsp3) is 0.419. The number of methoxy groups -OCH3 is 1. The lowest BCUT2D eigenvalue weighted by Gasteiger charge is -2.30. The van der Waals surface area contributed by atoms with Crippen LogP contribution in [0.1, 0.15) is 48.4 Å². The molecule has 5 nitrogen and oxygen atoms in total. The summed E-state index contributed by atoms with van der Waals surface area (Å²) >= 11 is 0. The lowest BCUT2D eigenvalue weighted by molar-refractivity contribution is 0.223. The summed E-state index contributed by atoms with van der Waals surface area (Å²) in [4.78, 5) is 4.68. The second kappa shape index (κ2) is 12.2. The van der Waals surface area contributed by atoms with E-state index in [9.17, 15) is 5.11 Å². The molecule has 4 rings (SSSR count). The van der Waals surface area contributed by atoms with E-state index in [1.165, 1.54) is 27.9 Å². The third-order valence-electron chi connectivity index (χ3n) is 7.42. The van der Waals surface area contributed by atoms with Crippen LogP contribution in [-0.2, 0) is 19.4 Å². The monoisotopic (exact) mass is 488 g/mol. The SMILES string of the molecule is CCN(CC)CCOc1ccc(CN(C)c2cc(OC)ccc2C2CCc3cc(O)ccc3C2)cc1. The van der Waals surface area contributed by atoms with Gasteiger partial charge in [-0.25, -0.2) is 0 Å². The molecule has 192 valence electrons. The third kappa shape index (κ3) is 6.33. The Bertz CT molecular complexity index is 1130. The van der Waals surface area contributed by atoms with Crippen molar-refractivity contribution in [1.82, 2.24) is 4.90 Å². The van der Waals surface area contributed by atoms with E-state index >= 15 is 0 Å². The van der Waals surface area contributed by atoms with E-state index in [4.69, 9.17) is 9.47 Å². The minimum atomic E-state index is 0.359. The number of aryl methyl sites for hydroxylation is 1. The van der Waals surface area contributed by atoms with E-state index < -0.39 is 0 Å². The van der Waals surface area contributed by atoms with Crippen molar-refractivity contribution in [3.05, 3.63) is 82.9 Å². The van der Waals surface area contributed by atoms with Gasteiger partial charge in [0.25, 0.3) is 0 Å². The molecule has 3 aromatic rings. The summed E-state index contributed by atoms with van der Waals surface area (Å²) in [5.74, 6) is 2.59. The number of likely N-dealkylation sites (N-methyl/N-ethyl adjacent to an activating group) is 1. The second-order valence-electron chi connectivity index (χ2n) is 9.69. The number of hydrogen-bond acceptors (Lipinski definition) is 5. The highest BCUT2D eigenvalue weighted by molar-refractivity contribution is 5.59. The van der Waals surface area contributed by atoms with Crippen LogP contribution in [0.5, 0.6) is 17.2 Å². The predicted molar refractivity (Wildman–Crippen MR) is 148 cm³/mol. The van der Waals surface area contributed by atoms with Gasteiger partial charge in [0, 0.05) is 31.9 Å². The molecule has 0 amide bonds. The van der Waals surface area contributed by atoms with E-state index in [1.54, 1.807) is 13.2 Å². The maximum Gasteiger partial charge on any atom is 0.120 e. The number of aromatic hydroxyl groups is 1. The first-order valence-electron chi connectivity index (χ1n) is 13.1. The molecule has 0 bridgehead atoms. The van der Waals surface area contributed by atoms with Gasteiger partial charge in [-0.1, -0.05) is 38.1 Å². The minimum absolute atomic E-state index is 0.359. The van der Waals surface area contributed by atoms with Gasteiger partial charge < -0.3 is 24.4 Å². The zero-order valence-electron chi connectivity index (χ0n) is 22.2. The average Bonchev–Trinajstić information content (AvgIpc) is 2.91. The molecule has 0 radical (unpaired) electrons. The van der Waals surface area contributed by atoms with Crippen molar-refractivity contribution in [3.8, 4) is 17.2 Å². The minimum Gasteiger partial charge on any atom is -0.508 e. The number of phenols is 1. The zero-order valence-corrected chi connectivity index (χ0v) is 22.2. The molecule has 0 aliphatic heterocycles. The van der Waals surface area contributed by atoms with Crippen molar-refractivity contribution in [2.24, 2.45) is 0 Å². The van der Waals surface area contributed by atoms with Crippen LogP contribution in [0, 0.1) is 0 Å². The summed E-state index contributed by atoms with van der Waals surface area (Å²) in [7, 11) is 3.88. The number of ether oxygens (including phenoxy) is 2. The lowest BCUT2D eigenvalue weighted by Crippen LogP contribution is -2.27. The molecule has 0 aromatic heterocycles. The summed E-state index contributed by atoms with van der Waals surface area (Å²) in [6.07, 6.45) is 3.05. The molecule has 0 saturated carbocycles. The Kier molecular flexibility index (Phi) is 8.76. The quantitative estimate of drug-likeness (QED) is 0.357.